The Morgan fingerprint density at radius 1 is 1.19 bits per heavy atom. The molecule has 0 spiro atoms. The molecule has 0 saturated heterocycles. The van der Waals surface area contributed by atoms with Gasteiger partial charge in [-0.1, -0.05) is 30.3 Å². The highest BCUT2D eigenvalue weighted by Gasteiger charge is 2.21. The molecule has 0 amide bonds. The maximum absolute atomic E-state index is 11.2. The first kappa shape index (κ1) is 16.8. The minimum Gasteiger partial charge on any atom is -0.488 e. The van der Waals surface area contributed by atoms with E-state index in [1.54, 1.807) is 0 Å². The Morgan fingerprint density at radius 3 is 2.88 bits per heavy atom. The Kier molecular flexibility index (Phi) is 4.48. The molecule has 1 aliphatic heterocycles. The van der Waals surface area contributed by atoms with Gasteiger partial charge in [-0.2, -0.15) is 0 Å². The number of ether oxygens (including phenoxy) is 3. The molecule has 132 valence electrons. The highest BCUT2D eigenvalue weighted by atomic mass is 79.9. The van der Waals surface area contributed by atoms with Gasteiger partial charge in [0.2, 0.25) is 0 Å². The fourth-order valence-corrected chi connectivity index (χ4v) is 3.58. The summed E-state index contributed by atoms with van der Waals surface area (Å²) in [5, 5.41) is 13.3. The zero-order chi connectivity index (χ0) is 18.1. The van der Waals surface area contributed by atoms with Crippen molar-refractivity contribution in [3.05, 3.63) is 74.2 Å². The maximum Gasteiger partial charge on any atom is 0.270 e. The van der Waals surface area contributed by atoms with Gasteiger partial charge in [-0.3, -0.25) is 10.1 Å². The second-order valence-electron chi connectivity index (χ2n) is 5.85. The molecule has 0 saturated carbocycles. The van der Waals surface area contributed by atoms with Gasteiger partial charge < -0.3 is 14.2 Å². The zero-order valence-corrected chi connectivity index (χ0v) is 15.2. The van der Waals surface area contributed by atoms with E-state index in [1.807, 2.05) is 36.4 Å². The summed E-state index contributed by atoms with van der Waals surface area (Å²) in [6, 6.07) is 14.8. The lowest BCUT2D eigenvalue weighted by atomic mass is 10.1. The van der Waals surface area contributed by atoms with Crippen LogP contribution in [0.4, 0.5) is 5.69 Å². The van der Waals surface area contributed by atoms with Gasteiger partial charge in [0.15, 0.2) is 6.79 Å². The number of benzene rings is 3. The van der Waals surface area contributed by atoms with Gasteiger partial charge >= 0.3 is 0 Å². The summed E-state index contributed by atoms with van der Waals surface area (Å²) < 4.78 is 17.6. The van der Waals surface area contributed by atoms with Crippen LogP contribution in [0.1, 0.15) is 11.1 Å². The summed E-state index contributed by atoms with van der Waals surface area (Å²) in [4.78, 5) is 10.8. The van der Waals surface area contributed by atoms with Gasteiger partial charge in [-0.15, -0.1) is 0 Å². The van der Waals surface area contributed by atoms with Gasteiger partial charge in [0, 0.05) is 23.3 Å². The molecule has 0 bridgehead atoms. The third-order valence-electron chi connectivity index (χ3n) is 4.19. The third-order valence-corrected chi connectivity index (χ3v) is 5.01. The number of rotatable bonds is 4. The standard InChI is InChI=1S/C19H14BrNO5/c20-18-16-4-2-1-3-12(16)5-6-17(18)25-10-14-8-15(21(22)23)7-13-9-24-11-26-19(13)14/h1-8H,9-11H2. The van der Waals surface area contributed by atoms with Crippen LogP contribution < -0.4 is 9.47 Å². The van der Waals surface area contributed by atoms with Crippen LogP contribution >= 0.6 is 15.9 Å². The summed E-state index contributed by atoms with van der Waals surface area (Å²) in [5.74, 6) is 1.26. The van der Waals surface area contributed by atoms with Crippen molar-refractivity contribution in [3.8, 4) is 11.5 Å². The average molecular weight is 416 g/mol. The highest BCUT2D eigenvalue weighted by molar-refractivity contribution is 9.10. The van der Waals surface area contributed by atoms with E-state index in [4.69, 9.17) is 14.2 Å². The summed E-state index contributed by atoms with van der Waals surface area (Å²) in [6.45, 7) is 0.558. The molecule has 0 aromatic heterocycles. The lowest BCUT2D eigenvalue weighted by molar-refractivity contribution is -0.385. The summed E-state index contributed by atoms with van der Waals surface area (Å²) >= 11 is 3.58. The van der Waals surface area contributed by atoms with Crippen molar-refractivity contribution in [2.24, 2.45) is 0 Å². The van der Waals surface area contributed by atoms with Crippen molar-refractivity contribution < 1.29 is 19.1 Å². The van der Waals surface area contributed by atoms with E-state index in [9.17, 15) is 10.1 Å². The number of hydrogen-bond acceptors (Lipinski definition) is 5. The summed E-state index contributed by atoms with van der Waals surface area (Å²) in [5.41, 5.74) is 1.27. The van der Waals surface area contributed by atoms with E-state index in [0.717, 1.165) is 15.2 Å². The molecule has 1 heterocycles. The van der Waals surface area contributed by atoms with Crippen molar-refractivity contribution >= 4 is 32.4 Å². The van der Waals surface area contributed by atoms with Gasteiger partial charge in [0.1, 0.15) is 18.1 Å². The largest absolute Gasteiger partial charge is 0.488 e. The van der Waals surface area contributed by atoms with E-state index in [-0.39, 0.29) is 25.7 Å². The second kappa shape index (κ2) is 6.93. The Labute approximate surface area is 157 Å². The molecular weight excluding hydrogens is 402 g/mol. The van der Waals surface area contributed by atoms with Crippen LogP contribution in [-0.2, 0) is 18.0 Å². The smallest absolute Gasteiger partial charge is 0.270 e. The fourth-order valence-electron chi connectivity index (χ4n) is 2.97. The monoisotopic (exact) mass is 415 g/mol. The van der Waals surface area contributed by atoms with Crippen LogP contribution in [0.25, 0.3) is 10.8 Å². The van der Waals surface area contributed by atoms with Crippen molar-refractivity contribution in [3.63, 3.8) is 0 Å². The molecule has 0 unspecified atom stereocenters. The number of non-ortho nitro benzene ring substituents is 1. The number of hydrogen-bond donors (Lipinski definition) is 0. The Morgan fingerprint density at radius 2 is 2.04 bits per heavy atom. The minimum absolute atomic E-state index is 0.00553. The first-order chi connectivity index (χ1) is 12.6. The molecule has 0 N–H and O–H groups in total. The normalized spacial score (nSPS) is 13.1. The van der Waals surface area contributed by atoms with E-state index in [2.05, 4.69) is 15.9 Å². The van der Waals surface area contributed by atoms with E-state index in [0.29, 0.717) is 22.6 Å². The fraction of sp³-hybridized carbons (Fsp3) is 0.158. The van der Waals surface area contributed by atoms with E-state index in [1.165, 1.54) is 12.1 Å². The molecule has 0 fully saturated rings. The number of nitrogens with zero attached hydrogens (tertiary/aromatic N) is 1. The Balaban J connectivity index is 1.67. The van der Waals surface area contributed by atoms with Crippen LogP contribution in [0.5, 0.6) is 11.5 Å². The molecule has 0 aliphatic carbocycles. The molecule has 3 aromatic carbocycles. The van der Waals surface area contributed by atoms with Gasteiger partial charge in [0.05, 0.1) is 16.0 Å². The summed E-state index contributed by atoms with van der Waals surface area (Å²) in [6.07, 6.45) is 0. The predicted octanol–water partition coefficient (Wildman–Crippen LogP) is 4.96. The first-order valence-corrected chi connectivity index (χ1v) is 8.73. The van der Waals surface area contributed by atoms with Crippen molar-refractivity contribution in [2.45, 2.75) is 13.2 Å². The zero-order valence-electron chi connectivity index (χ0n) is 13.6. The molecule has 26 heavy (non-hydrogen) atoms. The number of halogens is 1. The van der Waals surface area contributed by atoms with Gasteiger partial charge in [-0.25, -0.2) is 0 Å². The molecular formula is C19H14BrNO5. The van der Waals surface area contributed by atoms with Crippen molar-refractivity contribution in [1.29, 1.82) is 0 Å². The van der Waals surface area contributed by atoms with Crippen LogP contribution in [0.15, 0.2) is 53.0 Å². The Hall–Kier alpha value is -2.64. The van der Waals surface area contributed by atoms with Gasteiger partial charge in [0.25, 0.3) is 5.69 Å². The molecule has 4 rings (SSSR count). The first-order valence-electron chi connectivity index (χ1n) is 7.94. The van der Waals surface area contributed by atoms with E-state index >= 15 is 0 Å². The topological polar surface area (TPSA) is 70.8 Å². The summed E-state index contributed by atoms with van der Waals surface area (Å²) in [7, 11) is 0. The Bertz CT molecular complexity index is 1000. The van der Waals surface area contributed by atoms with Crippen LogP contribution in [-0.4, -0.2) is 11.7 Å². The minimum atomic E-state index is -0.426. The second-order valence-corrected chi connectivity index (χ2v) is 6.64. The predicted molar refractivity (Wildman–Crippen MR) is 99.4 cm³/mol. The van der Waals surface area contributed by atoms with E-state index < -0.39 is 4.92 Å². The lowest BCUT2D eigenvalue weighted by Gasteiger charge is -2.21. The lowest BCUT2D eigenvalue weighted by Crippen LogP contribution is -2.14. The molecule has 1 aliphatic rings. The molecule has 3 aromatic rings. The van der Waals surface area contributed by atoms with Crippen LogP contribution in [0, 0.1) is 10.1 Å². The third kappa shape index (κ3) is 3.11. The quantitative estimate of drug-likeness (QED) is 0.444. The number of fused-ring (bicyclic) bond motifs is 2. The van der Waals surface area contributed by atoms with Gasteiger partial charge in [-0.05, 0) is 32.8 Å². The molecule has 6 nitrogen and oxygen atoms in total. The maximum atomic E-state index is 11.2. The highest BCUT2D eigenvalue weighted by Crippen LogP contribution is 2.36. The van der Waals surface area contributed by atoms with Crippen LogP contribution in [0.2, 0.25) is 0 Å². The number of nitro groups is 1. The average Bonchev–Trinajstić information content (AvgIpc) is 2.67. The van der Waals surface area contributed by atoms with Crippen molar-refractivity contribution in [1.82, 2.24) is 0 Å². The SMILES string of the molecule is O=[N+]([O-])c1cc2c(c(COc3ccc4ccccc4c3Br)c1)OCOC2. The molecule has 7 heteroatoms. The molecule has 0 radical (unpaired) electrons. The van der Waals surface area contributed by atoms with Crippen molar-refractivity contribution in [2.75, 3.05) is 6.79 Å². The van der Waals surface area contributed by atoms with Crippen LogP contribution in [0.3, 0.4) is 0 Å². The molecule has 0 atom stereocenters. The number of nitro benzene ring substituents is 1.